The molecule has 0 radical (unpaired) electrons. The number of benzene rings is 1. The van der Waals surface area contributed by atoms with Gasteiger partial charge in [0.05, 0.1) is 5.69 Å². The van der Waals surface area contributed by atoms with Gasteiger partial charge in [-0.3, -0.25) is 9.78 Å². The van der Waals surface area contributed by atoms with Crippen LogP contribution in [0, 0.1) is 0 Å². The fourth-order valence-corrected chi connectivity index (χ4v) is 3.34. The number of hydrogen-bond acceptors (Lipinski definition) is 7. The van der Waals surface area contributed by atoms with Crippen molar-refractivity contribution in [2.45, 2.75) is 6.04 Å². The standard InChI is InChI=1S/C17H11ClN8O/c18-11-5-3-9(4-6-11)13-12-14(16(27)22-21-13)20-17-23-24-25-26(17)15(12)10-2-1-7-19-8-10/h1-8,15H,(H,22,27)(H,20,23,25). The zero-order chi connectivity index (χ0) is 18.4. The summed E-state index contributed by atoms with van der Waals surface area (Å²) in [6, 6.07) is 10.5. The van der Waals surface area contributed by atoms with Crippen LogP contribution in [-0.2, 0) is 0 Å². The Morgan fingerprint density at radius 1 is 1.15 bits per heavy atom. The highest BCUT2D eigenvalue weighted by Crippen LogP contribution is 2.40. The highest BCUT2D eigenvalue weighted by molar-refractivity contribution is 6.30. The molecule has 0 saturated carbocycles. The number of pyridine rings is 1. The summed E-state index contributed by atoms with van der Waals surface area (Å²) < 4.78 is 1.61. The first-order valence-corrected chi connectivity index (χ1v) is 8.43. The number of aromatic nitrogens is 7. The number of fused-ring (bicyclic) bond motifs is 2. The van der Waals surface area contributed by atoms with Crippen LogP contribution in [0.2, 0.25) is 5.02 Å². The monoisotopic (exact) mass is 378 g/mol. The van der Waals surface area contributed by atoms with Gasteiger partial charge in [-0.1, -0.05) is 34.9 Å². The van der Waals surface area contributed by atoms with E-state index in [9.17, 15) is 4.79 Å². The van der Waals surface area contributed by atoms with E-state index >= 15 is 0 Å². The zero-order valence-corrected chi connectivity index (χ0v) is 14.4. The molecule has 1 aromatic carbocycles. The van der Waals surface area contributed by atoms with Crippen LogP contribution < -0.4 is 10.9 Å². The number of hydrogen-bond donors (Lipinski definition) is 2. The molecule has 5 rings (SSSR count). The molecule has 4 heterocycles. The summed E-state index contributed by atoms with van der Waals surface area (Å²) in [6.07, 6.45) is 3.40. The molecule has 0 amide bonds. The summed E-state index contributed by atoms with van der Waals surface area (Å²) in [5, 5.41) is 22.3. The number of aromatic amines is 1. The molecule has 3 aromatic heterocycles. The normalized spacial score (nSPS) is 14.9. The lowest BCUT2D eigenvalue weighted by Gasteiger charge is -2.27. The molecule has 9 nitrogen and oxygen atoms in total. The lowest BCUT2D eigenvalue weighted by atomic mass is 9.93. The van der Waals surface area contributed by atoms with Crippen LogP contribution in [0.1, 0.15) is 17.2 Å². The maximum absolute atomic E-state index is 12.5. The van der Waals surface area contributed by atoms with Gasteiger partial charge in [-0.25, -0.2) is 5.10 Å². The Kier molecular flexibility index (Phi) is 3.47. The molecule has 0 saturated heterocycles. The second-order valence-corrected chi connectivity index (χ2v) is 6.39. The smallest absolute Gasteiger partial charge is 0.288 e. The molecule has 1 atom stereocenters. The molecule has 0 fully saturated rings. The van der Waals surface area contributed by atoms with E-state index in [0.717, 1.165) is 11.1 Å². The van der Waals surface area contributed by atoms with Gasteiger partial charge in [-0.15, -0.1) is 0 Å². The average molecular weight is 379 g/mol. The summed E-state index contributed by atoms with van der Waals surface area (Å²) in [6.45, 7) is 0. The van der Waals surface area contributed by atoms with Crippen molar-refractivity contribution in [1.82, 2.24) is 35.4 Å². The third kappa shape index (κ3) is 2.48. The van der Waals surface area contributed by atoms with E-state index in [1.807, 2.05) is 24.3 Å². The third-order valence-electron chi connectivity index (χ3n) is 4.39. The van der Waals surface area contributed by atoms with Gasteiger partial charge in [0.2, 0.25) is 5.95 Å². The van der Waals surface area contributed by atoms with Gasteiger partial charge in [-0.05, 0) is 34.2 Å². The Morgan fingerprint density at radius 2 is 2.00 bits per heavy atom. The van der Waals surface area contributed by atoms with Crippen LogP contribution in [0.5, 0.6) is 0 Å². The Balaban J connectivity index is 1.82. The number of nitrogens with zero attached hydrogens (tertiary/aromatic N) is 6. The molecular weight excluding hydrogens is 368 g/mol. The van der Waals surface area contributed by atoms with Gasteiger partial charge in [0.25, 0.3) is 5.56 Å². The molecule has 4 aromatic rings. The second kappa shape index (κ2) is 5.99. The molecule has 0 aliphatic carbocycles. The fraction of sp³-hybridized carbons (Fsp3) is 0.0588. The minimum atomic E-state index is -0.458. The average Bonchev–Trinajstić information content (AvgIpc) is 3.17. The van der Waals surface area contributed by atoms with E-state index in [-0.39, 0.29) is 5.56 Å². The van der Waals surface area contributed by atoms with Crippen LogP contribution in [0.15, 0.2) is 53.6 Å². The summed E-state index contributed by atoms with van der Waals surface area (Å²) >= 11 is 6.02. The largest absolute Gasteiger partial charge is 0.318 e. The van der Waals surface area contributed by atoms with Gasteiger partial charge < -0.3 is 5.32 Å². The highest BCUT2D eigenvalue weighted by atomic mass is 35.5. The third-order valence-corrected chi connectivity index (χ3v) is 4.64. The predicted molar refractivity (Wildman–Crippen MR) is 97.9 cm³/mol. The summed E-state index contributed by atoms with van der Waals surface area (Å²) in [5.74, 6) is 0.370. The van der Waals surface area contributed by atoms with Crippen LogP contribution in [0.4, 0.5) is 11.6 Å². The van der Waals surface area contributed by atoms with Gasteiger partial charge in [0, 0.05) is 28.5 Å². The van der Waals surface area contributed by atoms with Crippen LogP contribution in [-0.4, -0.2) is 35.4 Å². The minimum Gasteiger partial charge on any atom is -0.318 e. The molecule has 0 spiro atoms. The molecule has 27 heavy (non-hydrogen) atoms. The number of anilines is 2. The molecule has 132 valence electrons. The van der Waals surface area contributed by atoms with E-state index in [2.05, 4.69) is 36.0 Å². The number of H-pyrrole nitrogens is 1. The lowest BCUT2D eigenvalue weighted by Crippen LogP contribution is -2.29. The number of tetrazole rings is 1. The molecule has 2 N–H and O–H groups in total. The summed E-state index contributed by atoms with van der Waals surface area (Å²) in [5.41, 5.74) is 2.89. The van der Waals surface area contributed by atoms with E-state index in [4.69, 9.17) is 11.6 Å². The second-order valence-electron chi connectivity index (χ2n) is 5.96. The molecule has 1 aliphatic rings. The van der Waals surface area contributed by atoms with E-state index in [1.54, 1.807) is 29.2 Å². The van der Waals surface area contributed by atoms with Gasteiger partial charge in [-0.2, -0.15) is 9.78 Å². The SMILES string of the molecule is O=c1[nH]nc(-c2ccc(Cl)cc2)c2c1Nc1nnnn1C2c1cccnc1. The number of halogens is 1. The first-order valence-electron chi connectivity index (χ1n) is 8.05. The first kappa shape index (κ1) is 15.6. The van der Waals surface area contributed by atoms with Crippen LogP contribution >= 0.6 is 11.6 Å². The van der Waals surface area contributed by atoms with Crippen molar-refractivity contribution in [2.24, 2.45) is 0 Å². The van der Waals surface area contributed by atoms with Crippen molar-refractivity contribution in [3.63, 3.8) is 0 Å². The van der Waals surface area contributed by atoms with Gasteiger partial charge in [0.1, 0.15) is 11.7 Å². The van der Waals surface area contributed by atoms with Crippen LogP contribution in [0.3, 0.4) is 0 Å². The van der Waals surface area contributed by atoms with E-state index in [1.165, 1.54) is 0 Å². The molecular formula is C17H11ClN8O. The molecule has 10 heteroatoms. The van der Waals surface area contributed by atoms with E-state index < -0.39 is 6.04 Å². The highest BCUT2D eigenvalue weighted by Gasteiger charge is 2.34. The molecule has 0 bridgehead atoms. The first-order chi connectivity index (χ1) is 13.2. The van der Waals surface area contributed by atoms with Crippen molar-refractivity contribution in [1.29, 1.82) is 0 Å². The van der Waals surface area contributed by atoms with Crippen LogP contribution in [0.25, 0.3) is 11.3 Å². The molecule has 1 unspecified atom stereocenters. The minimum absolute atomic E-state index is 0.353. The topological polar surface area (TPSA) is 114 Å². The Morgan fingerprint density at radius 3 is 2.78 bits per heavy atom. The van der Waals surface area contributed by atoms with Crippen molar-refractivity contribution in [2.75, 3.05) is 5.32 Å². The predicted octanol–water partition coefficient (Wildman–Crippen LogP) is 2.17. The summed E-state index contributed by atoms with van der Waals surface area (Å²) in [7, 11) is 0. The quantitative estimate of drug-likeness (QED) is 0.483. The Bertz CT molecular complexity index is 1190. The van der Waals surface area contributed by atoms with Crippen molar-refractivity contribution in [3.05, 3.63) is 75.3 Å². The lowest BCUT2D eigenvalue weighted by molar-refractivity contribution is 0.566. The fourth-order valence-electron chi connectivity index (χ4n) is 3.21. The summed E-state index contributed by atoms with van der Waals surface area (Å²) in [4.78, 5) is 16.7. The maximum Gasteiger partial charge on any atom is 0.288 e. The van der Waals surface area contributed by atoms with Crippen molar-refractivity contribution >= 4 is 23.2 Å². The van der Waals surface area contributed by atoms with Crippen molar-refractivity contribution in [3.8, 4) is 11.3 Å². The van der Waals surface area contributed by atoms with Gasteiger partial charge >= 0.3 is 0 Å². The Hall–Kier alpha value is -3.59. The van der Waals surface area contributed by atoms with Gasteiger partial charge in [0.15, 0.2) is 0 Å². The van der Waals surface area contributed by atoms with E-state index in [0.29, 0.717) is 27.9 Å². The Labute approximate surface area is 157 Å². The molecule has 1 aliphatic heterocycles. The van der Waals surface area contributed by atoms with Crippen molar-refractivity contribution < 1.29 is 0 Å². The maximum atomic E-state index is 12.5. The zero-order valence-electron chi connectivity index (χ0n) is 13.7. The number of nitrogens with one attached hydrogen (secondary N) is 2. The number of rotatable bonds is 2.